The van der Waals surface area contributed by atoms with Crippen LogP contribution in [-0.2, 0) is 9.59 Å². The number of carbonyl (C=O) groups excluding carboxylic acids is 3. The number of amides is 3. The van der Waals surface area contributed by atoms with E-state index in [4.69, 9.17) is 9.47 Å². The summed E-state index contributed by atoms with van der Waals surface area (Å²) in [6.45, 7) is 2.94. The maximum absolute atomic E-state index is 13.7. The van der Waals surface area contributed by atoms with Gasteiger partial charge in [0.1, 0.15) is 5.54 Å². The number of para-hydroxylation sites is 1. The summed E-state index contributed by atoms with van der Waals surface area (Å²) in [6, 6.07) is 12.5. The van der Waals surface area contributed by atoms with E-state index in [9.17, 15) is 14.4 Å². The molecule has 3 heterocycles. The van der Waals surface area contributed by atoms with Crippen molar-refractivity contribution in [3.63, 3.8) is 0 Å². The summed E-state index contributed by atoms with van der Waals surface area (Å²) < 4.78 is 11.4. The topological polar surface area (TPSA) is 97.0 Å². The number of fused-ring (bicyclic) bond motifs is 4. The lowest BCUT2D eigenvalue weighted by atomic mass is 9.72. The average molecular weight is 435 g/mol. The molecule has 0 unspecified atom stereocenters. The van der Waals surface area contributed by atoms with E-state index in [0.717, 1.165) is 12.0 Å². The Morgan fingerprint density at radius 1 is 1.12 bits per heavy atom. The van der Waals surface area contributed by atoms with Crippen molar-refractivity contribution in [2.75, 3.05) is 32.1 Å². The second kappa shape index (κ2) is 7.55. The van der Waals surface area contributed by atoms with Crippen molar-refractivity contribution in [3.05, 3.63) is 53.6 Å². The Kier molecular flexibility index (Phi) is 4.80. The van der Waals surface area contributed by atoms with Crippen LogP contribution >= 0.6 is 0 Å². The first-order valence-electron chi connectivity index (χ1n) is 10.8. The largest absolute Gasteiger partial charge is 0.490 e. The number of rotatable bonds is 2. The first-order chi connectivity index (χ1) is 15.4. The van der Waals surface area contributed by atoms with Crippen LogP contribution in [0.2, 0.25) is 0 Å². The van der Waals surface area contributed by atoms with E-state index in [1.807, 2.05) is 24.3 Å². The van der Waals surface area contributed by atoms with Gasteiger partial charge in [-0.05, 0) is 36.8 Å². The van der Waals surface area contributed by atoms with Crippen LogP contribution in [0.25, 0.3) is 0 Å². The SMILES string of the molecule is CNC(=O)[C@H]1CN(C(=O)c2ccc3c(c2)OCCCO3)[C@]2(C)C(=O)Nc3ccccc3[C@H]12. The highest BCUT2D eigenvalue weighted by molar-refractivity contribution is 6.08. The third-order valence-electron chi connectivity index (χ3n) is 6.77. The van der Waals surface area contributed by atoms with Gasteiger partial charge in [0.25, 0.3) is 11.8 Å². The number of benzene rings is 2. The molecule has 3 aliphatic rings. The summed E-state index contributed by atoms with van der Waals surface area (Å²) >= 11 is 0. The molecular weight excluding hydrogens is 410 g/mol. The molecule has 0 aliphatic carbocycles. The number of hydrogen-bond acceptors (Lipinski definition) is 5. The highest BCUT2D eigenvalue weighted by atomic mass is 16.5. The number of ether oxygens (including phenoxy) is 2. The fourth-order valence-electron chi connectivity index (χ4n) is 5.13. The van der Waals surface area contributed by atoms with E-state index in [1.54, 1.807) is 32.2 Å². The summed E-state index contributed by atoms with van der Waals surface area (Å²) in [6.07, 6.45) is 0.761. The van der Waals surface area contributed by atoms with Crippen LogP contribution in [0.3, 0.4) is 0 Å². The van der Waals surface area contributed by atoms with Crippen molar-refractivity contribution in [1.29, 1.82) is 0 Å². The maximum atomic E-state index is 13.7. The molecule has 5 rings (SSSR count). The zero-order chi connectivity index (χ0) is 22.5. The highest BCUT2D eigenvalue weighted by Gasteiger charge is 2.61. The van der Waals surface area contributed by atoms with Crippen LogP contribution in [0.4, 0.5) is 5.69 Å². The first kappa shape index (κ1) is 20.4. The Bertz CT molecular complexity index is 1120. The molecule has 3 aliphatic heterocycles. The first-order valence-corrected chi connectivity index (χ1v) is 10.8. The minimum Gasteiger partial charge on any atom is -0.490 e. The Labute approximate surface area is 185 Å². The lowest BCUT2D eigenvalue weighted by Crippen LogP contribution is -2.58. The van der Waals surface area contributed by atoms with Crippen molar-refractivity contribution < 1.29 is 23.9 Å². The molecule has 0 saturated carbocycles. The van der Waals surface area contributed by atoms with Gasteiger partial charge in [-0.3, -0.25) is 14.4 Å². The van der Waals surface area contributed by atoms with E-state index in [1.165, 1.54) is 4.90 Å². The average Bonchev–Trinajstić information content (AvgIpc) is 2.95. The second-order valence-electron chi connectivity index (χ2n) is 8.52. The molecule has 166 valence electrons. The van der Waals surface area contributed by atoms with Gasteiger partial charge in [-0.1, -0.05) is 18.2 Å². The van der Waals surface area contributed by atoms with Gasteiger partial charge in [0.2, 0.25) is 5.91 Å². The van der Waals surface area contributed by atoms with Crippen LogP contribution in [0.15, 0.2) is 42.5 Å². The minimum atomic E-state index is -1.22. The van der Waals surface area contributed by atoms with E-state index in [0.29, 0.717) is 36.0 Å². The smallest absolute Gasteiger partial charge is 0.254 e. The molecule has 3 atom stereocenters. The molecule has 0 aromatic heterocycles. The molecule has 2 N–H and O–H groups in total. The van der Waals surface area contributed by atoms with E-state index < -0.39 is 17.4 Å². The van der Waals surface area contributed by atoms with Crippen LogP contribution in [0.5, 0.6) is 11.5 Å². The Morgan fingerprint density at radius 3 is 2.66 bits per heavy atom. The van der Waals surface area contributed by atoms with Gasteiger partial charge in [0.05, 0.1) is 19.1 Å². The lowest BCUT2D eigenvalue weighted by molar-refractivity contribution is -0.126. The Morgan fingerprint density at radius 2 is 1.88 bits per heavy atom. The van der Waals surface area contributed by atoms with Crippen molar-refractivity contribution >= 4 is 23.4 Å². The summed E-state index contributed by atoms with van der Waals surface area (Å²) in [5.41, 5.74) is 0.710. The van der Waals surface area contributed by atoms with Gasteiger partial charge in [-0.2, -0.15) is 0 Å². The van der Waals surface area contributed by atoms with Crippen LogP contribution in [-0.4, -0.2) is 55.0 Å². The Hall–Kier alpha value is -3.55. The zero-order valence-corrected chi connectivity index (χ0v) is 18.0. The molecule has 1 saturated heterocycles. The maximum Gasteiger partial charge on any atom is 0.254 e. The van der Waals surface area contributed by atoms with Crippen molar-refractivity contribution in [2.24, 2.45) is 5.92 Å². The lowest BCUT2D eigenvalue weighted by Gasteiger charge is -2.42. The van der Waals surface area contributed by atoms with Gasteiger partial charge in [0, 0.05) is 37.2 Å². The monoisotopic (exact) mass is 435 g/mol. The molecule has 0 bridgehead atoms. The quantitative estimate of drug-likeness (QED) is 0.754. The summed E-state index contributed by atoms with van der Waals surface area (Å²) in [7, 11) is 1.57. The predicted molar refractivity (Wildman–Crippen MR) is 117 cm³/mol. The number of nitrogens with one attached hydrogen (secondary N) is 2. The highest BCUT2D eigenvalue weighted by Crippen LogP contribution is 2.51. The van der Waals surface area contributed by atoms with E-state index in [-0.39, 0.29) is 24.3 Å². The molecule has 8 nitrogen and oxygen atoms in total. The van der Waals surface area contributed by atoms with Crippen molar-refractivity contribution in [3.8, 4) is 11.5 Å². The van der Waals surface area contributed by atoms with Crippen molar-refractivity contribution in [2.45, 2.75) is 24.8 Å². The molecule has 0 radical (unpaired) electrons. The van der Waals surface area contributed by atoms with Gasteiger partial charge in [-0.25, -0.2) is 0 Å². The van der Waals surface area contributed by atoms with Gasteiger partial charge >= 0.3 is 0 Å². The normalized spacial score (nSPS) is 25.8. The fourth-order valence-corrected chi connectivity index (χ4v) is 5.13. The van der Waals surface area contributed by atoms with E-state index >= 15 is 0 Å². The molecule has 2 aromatic carbocycles. The molecule has 2 aromatic rings. The minimum absolute atomic E-state index is 0.135. The molecular formula is C24H25N3O5. The number of anilines is 1. The number of likely N-dealkylation sites (tertiary alicyclic amines) is 1. The van der Waals surface area contributed by atoms with Crippen molar-refractivity contribution in [1.82, 2.24) is 10.2 Å². The fraction of sp³-hybridized carbons (Fsp3) is 0.375. The molecule has 1 fully saturated rings. The standard InChI is InChI=1S/C24H25N3O5/c1-24-20(15-6-3-4-7-17(15)26-23(24)30)16(21(28)25-2)13-27(24)22(29)14-8-9-18-19(12-14)32-11-5-10-31-18/h3-4,6-9,12,16,20H,5,10-11,13H2,1-2H3,(H,25,28)(H,26,30)/t16-,20+,24-/m0/s1. The number of nitrogens with zero attached hydrogens (tertiary/aromatic N) is 1. The zero-order valence-electron chi connectivity index (χ0n) is 18.0. The molecule has 32 heavy (non-hydrogen) atoms. The summed E-state index contributed by atoms with van der Waals surface area (Å²) in [5.74, 6) is -0.727. The summed E-state index contributed by atoms with van der Waals surface area (Å²) in [4.78, 5) is 41.4. The Balaban J connectivity index is 1.58. The third-order valence-corrected chi connectivity index (χ3v) is 6.77. The van der Waals surface area contributed by atoms with Gasteiger partial charge in [-0.15, -0.1) is 0 Å². The predicted octanol–water partition coefficient (Wildman–Crippen LogP) is 2.16. The van der Waals surface area contributed by atoms with Gasteiger partial charge < -0.3 is 25.0 Å². The molecule has 8 heteroatoms. The van der Waals surface area contributed by atoms with Crippen LogP contribution in [0, 0.1) is 5.92 Å². The third kappa shape index (κ3) is 2.93. The second-order valence-corrected chi connectivity index (χ2v) is 8.52. The molecule has 0 spiro atoms. The van der Waals surface area contributed by atoms with Gasteiger partial charge in [0.15, 0.2) is 11.5 Å². The van der Waals surface area contributed by atoms with E-state index in [2.05, 4.69) is 10.6 Å². The summed E-state index contributed by atoms with van der Waals surface area (Å²) in [5, 5.41) is 5.64. The molecule has 3 amide bonds. The van der Waals surface area contributed by atoms with Crippen LogP contribution in [0.1, 0.15) is 35.2 Å². The van der Waals surface area contributed by atoms with Crippen LogP contribution < -0.4 is 20.1 Å². The number of carbonyl (C=O) groups is 3. The number of hydrogen-bond donors (Lipinski definition) is 2.